The molecule has 0 saturated carbocycles. The van der Waals surface area contributed by atoms with Gasteiger partial charge in [0.2, 0.25) is 11.8 Å². The molecule has 9 nitrogen and oxygen atoms in total. The number of hydrogen-bond acceptors (Lipinski definition) is 6. The topological polar surface area (TPSA) is 142 Å². The highest BCUT2D eigenvalue weighted by Gasteiger charge is 2.18. The molecule has 2 unspecified atom stereocenters. The minimum atomic E-state index is -1.39. The standard InChI is InChI=1S/C39H68N2O7/c1-3-5-7-9-11-12-13-14-15-16-17-19-21-27-31-38(45)48-34(28-24-20-18-10-8-6-4-2)29-25-22-23-26-30-36(43)40-32-37(44)41-35(33-42)39(46)47/h10,13-14,18,24,28,34-35,42H,3-9,11-12,15-17,19-23,25-27,29-33H2,1-2H3,(H,40,43)(H,41,44)(H,46,47)/b14-13-,18-10-,28-24-. The summed E-state index contributed by atoms with van der Waals surface area (Å²) in [5.41, 5.74) is 0. The number of carbonyl (C=O) groups is 4. The van der Waals surface area contributed by atoms with Crippen LogP contribution in [0.15, 0.2) is 36.5 Å². The van der Waals surface area contributed by atoms with Gasteiger partial charge in [0.25, 0.3) is 0 Å². The molecule has 0 heterocycles. The lowest BCUT2D eigenvalue weighted by atomic mass is 10.1. The maximum atomic E-state index is 12.6. The average Bonchev–Trinajstić information content (AvgIpc) is 3.07. The molecule has 48 heavy (non-hydrogen) atoms. The highest BCUT2D eigenvalue weighted by Crippen LogP contribution is 2.14. The van der Waals surface area contributed by atoms with E-state index in [1.165, 1.54) is 64.2 Å². The fourth-order valence-electron chi connectivity index (χ4n) is 5.11. The lowest BCUT2D eigenvalue weighted by Crippen LogP contribution is -2.47. The number of esters is 1. The van der Waals surface area contributed by atoms with Crippen LogP contribution in [0.25, 0.3) is 0 Å². The van der Waals surface area contributed by atoms with Crippen molar-refractivity contribution in [1.82, 2.24) is 10.6 Å². The van der Waals surface area contributed by atoms with Crippen LogP contribution in [0.5, 0.6) is 0 Å². The van der Waals surface area contributed by atoms with Crippen molar-refractivity contribution in [3.05, 3.63) is 36.5 Å². The Morgan fingerprint density at radius 1 is 0.646 bits per heavy atom. The Morgan fingerprint density at radius 2 is 1.21 bits per heavy atom. The van der Waals surface area contributed by atoms with Gasteiger partial charge in [0.05, 0.1) is 13.2 Å². The largest absolute Gasteiger partial charge is 0.480 e. The Kier molecular flexibility index (Phi) is 31.9. The predicted molar refractivity (Wildman–Crippen MR) is 195 cm³/mol. The first-order valence-electron chi connectivity index (χ1n) is 18.9. The van der Waals surface area contributed by atoms with Crippen molar-refractivity contribution >= 4 is 23.8 Å². The van der Waals surface area contributed by atoms with E-state index in [1.54, 1.807) is 0 Å². The highest BCUT2D eigenvalue weighted by atomic mass is 16.5. The molecule has 0 aliphatic heterocycles. The third-order valence-corrected chi connectivity index (χ3v) is 8.09. The summed E-state index contributed by atoms with van der Waals surface area (Å²) in [5, 5.41) is 22.5. The van der Waals surface area contributed by atoms with Crippen molar-refractivity contribution in [2.24, 2.45) is 0 Å². The molecule has 0 rings (SSSR count). The highest BCUT2D eigenvalue weighted by molar-refractivity contribution is 5.87. The van der Waals surface area contributed by atoms with E-state index in [-0.39, 0.29) is 30.9 Å². The zero-order valence-electron chi connectivity index (χ0n) is 30.2. The van der Waals surface area contributed by atoms with Gasteiger partial charge in [-0.3, -0.25) is 14.4 Å². The zero-order chi connectivity index (χ0) is 35.5. The summed E-state index contributed by atoms with van der Waals surface area (Å²) in [6, 6.07) is -1.39. The molecule has 276 valence electrons. The molecule has 0 aliphatic rings. The van der Waals surface area contributed by atoms with Crippen LogP contribution in [0.2, 0.25) is 0 Å². The minimum Gasteiger partial charge on any atom is -0.480 e. The molecule has 0 radical (unpaired) electrons. The number of hydrogen-bond donors (Lipinski definition) is 4. The number of nitrogens with one attached hydrogen (secondary N) is 2. The number of unbranched alkanes of at least 4 members (excludes halogenated alkanes) is 15. The number of carboxylic acids is 1. The summed E-state index contributed by atoms with van der Waals surface area (Å²) < 4.78 is 5.85. The van der Waals surface area contributed by atoms with Crippen molar-refractivity contribution in [3.8, 4) is 0 Å². The number of allylic oxidation sites excluding steroid dienone is 5. The first-order chi connectivity index (χ1) is 23.3. The molecule has 0 spiro atoms. The number of carboxylic acid groups (broad SMARTS) is 1. The molecule has 0 aromatic heterocycles. The van der Waals surface area contributed by atoms with E-state index in [4.69, 9.17) is 14.9 Å². The van der Waals surface area contributed by atoms with Crippen LogP contribution in [-0.4, -0.2) is 59.3 Å². The lowest BCUT2D eigenvalue weighted by Gasteiger charge is -2.15. The molecular formula is C39H68N2O7. The molecule has 0 fully saturated rings. The number of carbonyl (C=O) groups excluding carboxylic acids is 3. The molecule has 0 aliphatic carbocycles. The maximum Gasteiger partial charge on any atom is 0.328 e. The van der Waals surface area contributed by atoms with E-state index in [1.807, 2.05) is 6.08 Å². The molecule has 4 N–H and O–H groups in total. The van der Waals surface area contributed by atoms with Crippen molar-refractivity contribution in [2.75, 3.05) is 13.2 Å². The van der Waals surface area contributed by atoms with Gasteiger partial charge in [0, 0.05) is 12.8 Å². The fourth-order valence-corrected chi connectivity index (χ4v) is 5.11. The van der Waals surface area contributed by atoms with E-state index in [0.717, 1.165) is 64.2 Å². The van der Waals surface area contributed by atoms with Crippen molar-refractivity contribution in [2.45, 2.75) is 174 Å². The van der Waals surface area contributed by atoms with Crippen molar-refractivity contribution in [3.63, 3.8) is 0 Å². The second-order valence-electron chi connectivity index (χ2n) is 12.7. The van der Waals surface area contributed by atoms with Gasteiger partial charge in [-0.25, -0.2) is 4.79 Å². The second-order valence-corrected chi connectivity index (χ2v) is 12.7. The zero-order valence-corrected chi connectivity index (χ0v) is 30.2. The number of amides is 2. The Bertz CT molecular complexity index is 916. The summed E-state index contributed by atoms with van der Waals surface area (Å²) in [6.07, 6.45) is 36.2. The van der Waals surface area contributed by atoms with Crippen LogP contribution in [0.1, 0.15) is 162 Å². The number of aliphatic hydroxyl groups excluding tert-OH is 1. The smallest absolute Gasteiger partial charge is 0.328 e. The lowest BCUT2D eigenvalue weighted by molar-refractivity contribution is -0.147. The SMILES string of the molecule is CCCC/C=C\C/C=C\C(CCCCCCC(=O)NCC(=O)NC(CO)C(=O)O)OC(=O)CCCCCCC/C=C\CCCCCCC. The number of aliphatic carboxylic acids is 1. The molecule has 0 bridgehead atoms. The molecular weight excluding hydrogens is 608 g/mol. The summed E-state index contributed by atoms with van der Waals surface area (Å²) in [4.78, 5) is 47.3. The van der Waals surface area contributed by atoms with Gasteiger partial charge in [0.15, 0.2) is 0 Å². The van der Waals surface area contributed by atoms with Gasteiger partial charge in [-0.05, 0) is 70.3 Å². The number of ether oxygens (including phenoxy) is 1. The number of aliphatic hydroxyl groups is 1. The predicted octanol–water partition coefficient (Wildman–Crippen LogP) is 8.26. The molecule has 2 atom stereocenters. The van der Waals surface area contributed by atoms with Crippen molar-refractivity contribution < 1.29 is 34.1 Å². The normalized spacial score (nSPS) is 12.9. The third-order valence-electron chi connectivity index (χ3n) is 8.09. The van der Waals surface area contributed by atoms with E-state index < -0.39 is 24.5 Å². The summed E-state index contributed by atoms with van der Waals surface area (Å²) in [5.74, 6) is -2.44. The van der Waals surface area contributed by atoms with Gasteiger partial charge in [-0.1, -0.05) is 115 Å². The van der Waals surface area contributed by atoms with Gasteiger partial charge in [-0.15, -0.1) is 0 Å². The Labute approximate surface area is 291 Å². The quantitative estimate of drug-likeness (QED) is 0.0311. The minimum absolute atomic E-state index is 0.139. The first-order valence-corrected chi connectivity index (χ1v) is 18.9. The molecule has 0 aromatic rings. The van der Waals surface area contributed by atoms with Gasteiger partial charge in [-0.2, -0.15) is 0 Å². The van der Waals surface area contributed by atoms with Crippen LogP contribution in [0.3, 0.4) is 0 Å². The molecule has 0 saturated heterocycles. The van der Waals surface area contributed by atoms with E-state index in [0.29, 0.717) is 12.8 Å². The fraction of sp³-hybridized carbons (Fsp3) is 0.744. The summed E-state index contributed by atoms with van der Waals surface area (Å²) in [7, 11) is 0. The van der Waals surface area contributed by atoms with Gasteiger partial charge < -0.3 is 25.6 Å². The van der Waals surface area contributed by atoms with E-state index in [9.17, 15) is 19.2 Å². The molecule has 0 aromatic carbocycles. The Hall–Kier alpha value is -2.94. The second kappa shape index (κ2) is 33.9. The van der Waals surface area contributed by atoms with E-state index in [2.05, 4.69) is 54.9 Å². The monoisotopic (exact) mass is 677 g/mol. The van der Waals surface area contributed by atoms with Crippen LogP contribution in [-0.2, 0) is 23.9 Å². The van der Waals surface area contributed by atoms with Gasteiger partial charge >= 0.3 is 11.9 Å². The summed E-state index contributed by atoms with van der Waals surface area (Å²) >= 11 is 0. The van der Waals surface area contributed by atoms with E-state index >= 15 is 0 Å². The molecule has 9 heteroatoms. The maximum absolute atomic E-state index is 12.6. The van der Waals surface area contributed by atoms with Crippen molar-refractivity contribution in [1.29, 1.82) is 0 Å². The van der Waals surface area contributed by atoms with Crippen LogP contribution in [0, 0.1) is 0 Å². The first kappa shape index (κ1) is 45.1. The average molecular weight is 677 g/mol. The summed E-state index contributed by atoms with van der Waals surface area (Å²) in [6.45, 7) is 3.36. The Morgan fingerprint density at radius 3 is 1.85 bits per heavy atom. The van der Waals surface area contributed by atoms with Gasteiger partial charge in [0.1, 0.15) is 12.1 Å². The van der Waals surface area contributed by atoms with Crippen LogP contribution < -0.4 is 10.6 Å². The van der Waals surface area contributed by atoms with Crippen LogP contribution in [0.4, 0.5) is 0 Å². The molecule has 2 amide bonds. The Balaban J connectivity index is 4.30. The van der Waals surface area contributed by atoms with Crippen LogP contribution >= 0.6 is 0 Å². The third kappa shape index (κ3) is 30.4. The number of rotatable bonds is 33.